The third kappa shape index (κ3) is 8.36. The molecule has 0 atom stereocenters. The smallest absolute Gasteiger partial charge is 0.238 e. The summed E-state index contributed by atoms with van der Waals surface area (Å²) < 4.78 is 0. The van der Waals surface area contributed by atoms with Crippen LogP contribution in [0.25, 0.3) is 0 Å². The van der Waals surface area contributed by atoms with Crippen LogP contribution in [-0.4, -0.2) is 42.9 Å². The van der Waals surface area contributed by atoms with E-state index < -0.39 is 0 Å². The molecule has 2 rings (SSSR count). The molecule has 1 fully saturated rings. The molecular formula is C18H30Cl2N4O2. The number of hydrogen-bond acceptors (Lipinski definition) is 4. The Kier molecular flexibility index (Phi) is 12.3. The molecule has 0 unspecified atom stereocenters. The molecule has 0 spiro atoms. The second-order valence-corrected chi connectivity index (χ2v) is 6.36. The van der Waals surface area contributed by atoms with Gasteiger partial charge in [0.05, 0.1) is 6.54 Å². The molecule has 1 aliphatic rings. The average Bonchev–Trinajstić information content (AvgIpc) is 2.57. The van der Waals surface area contributed by atoms with Crippen molar-refractivity contribution in [3.05, 3.63) is 23.8 Å². The number of nitrogens with two attached hydrogens (primary N) is 1. The molecule has 6 nitrogen and oxygen atoms in total. The predicted molar refractivity (Wildman–Crippen MR) is 112 cm³/mol. The quantitative estimate of drug-likeness (QED) is 0.651. The standard InChI is InChI=1S/C18H28N4O2.2ClH/c1-14-7-8-15(20-17(23)6-5-9-19)12-16(14)21-18(24)13-22-10-3-2-4-11-22;;/h7-8,12H,2-6,9-11,13,19H2,1H3,(H,20,23)(H,21,24);2*1H. The Hall–Kier alpha value is -1.34. The van der Waals surface area contributed by atoms with Crippen LogP contribution in [0.5, 0.6) is 0 Å². The Morgan fingerprint density at radius 1 is 1.08 bits per heavy atom. The topological polar surface area (TPSA) is 87.5 Å². The lowest BCUT2D eigenvalue weighted by Gasteiger charge is -2.25. The van der Waals surface area contributed by atoms with Crippen molar-refractivity contribution in [2.75, 3.05) is 36.8 Å². The van der Waals surface area contributed by atoms with Gasteiger partial charge in [-0.25, -0.2) is 0 Å². The average molecular weight is 405 g/mol. The first kappa shape index (κ1) is 24.7. The summed E-state index contributed by atoms with van der Waals surface area (Å²) in [5, 5.41) is 5.81. The van der Waals surface area contributed by atoms with Gasteiger partial charge in [0, 0.05) is 17.8 Å². The number of anilines is 2. The summed E-state index contributed by atoms with van der Waals surface area (Å²) in [7, 11) is 0. The van der Waals surface area contributed by atoms with E-state index in [2.05, 4.69) is 15.5 Å². The molecule has 0 aromatic heterocycles. The highest BCUT2D eigenvalue weighted by Gasteiger charge is 2.14. The Labute approximate surface area is 168 Å². The first-order valence-corrected chi connectivity index (χ1v) is 8.71. The fourth-order valence-electron chi connectivity index (χ4n) is 2.83. The number of amides is 2. The molecule has 26 heavy (non-hydrogen) atoms. The maximum Gasteiger partial charge on any atom is 0.238 e. The molecule has 0 saturated carbocycles. The minimum absolute atomic E-state index is 0. The summed E-state index contributed by atoms with van der Waals surface area (Å²) in [4.78, 5) is 26.2. The van der Waals surface area contributed by atoms with Crippen molar-refractivity contribution in [2.45, 2.75) is 39.0 Å². The third-order valence-electron chi connectivity index (χ3n) is 4.22. The van der Waals surface area contributed by atoms with Crippen molar-refractivity contribution in [2.24, 2.45) is 5.73 Å². The molecule has 1 aliphatic heterocycles. The molecule has 0 aliphatic carbocycles. The van der Waals surface area contributed by atoms with Gasteiger partial charge in [-0.1, -0.05) is 12.5 Å². The largest absolute Gasteiger partial charge is 0.330 e. The number of likely N-dealkylation sites (tertiary alicyclic amines) is 1. The van der Waals surface area contributed by atoms with Crippen LogP contribution in [0.15, 0.2) is 18.2 Å². The Morgan fingerprint density at radius 2 is 1.77 bits per heavy atom. The predicted octanol–water partition coefficient (Wildman–Crippen LogP) is 2.94. The fraction of sp³-hybridized carbons (Fsp3) is 0.556. The number of halogens is 2. The van der Waals surface area contributed by atoms with Crippen molar-refractivity contribution in [1.82, 2.24) is 4.90 Å². The molecule has 1 aromatic rings. The number of aryl methyl sites for hydroxylation is 1. The number of carbonyl (C=O) groups is 2. The van der Waals surface area contributed by atoms with Crippen LogP contribution in [0.3, 0.4) is 0 Å². The van der Waals surface area contributed by atoms with E-state index in [1.807, 2.05) is 25.1 Å². The van der Waals surface area contributed by atoms with E-state index in [9.17, 15) is 9.59 Å². The summed E-state index contributed by atoms with van der Waals surface area (Å²) in [6.45, 7) is 4.84. The molecule has 0 bridgehead atoms. The number of nitrogens with one attached hydrogen (secondary N) is 2. The monoisotopic (exact) mass is 404 g/mol. The molecule has 4 N–H and O–H groups in total. The molecule has 148 valence electrons. The van der Waals surface area contributed by atoms with Gasteiger partial charge in [-0.2, -0.15) is 0 Å². The number of piperidine rings is 1. The lowest BCUT2D eigenvalue weighted by molar-refractivity contribution is -0.117. The van der Waals surface area contributed by atoms with Crippen molar-refractivity contribution in [3.63, 3.8) is 0 Å². The van der Waals surface area contributed by atoms with Crippen LogP contribution in [0.4, 0.5) is 11.4 Å². The molecule has 0 radical (unpaired) electrons. The Balaban J connectivity index is 0.00000312. The summed E-state index contributed by atoms with van der Waals surface area (Å²) in [6, 6.07) is 5.55. The second kappa shape index (κ2) is 12.9. The minimum atomic E-state index is -0.0603. The van der Waals surface area contributed by atoms with Crippen molar-refractivity contribution >= 4 is 48.0 Å². The first-order chi connectivity index (χ1) is 11.6. The van der Waals surface area contributed by atoms with Gasteiger partial charge in [0.15, 0.2) is 0 Å². The van der Waals surface area contributed by atoms with Crippen molar-refractivity contribution in [3.8, 4) is 0 Å². The van der Waals surface area contributed by atoms with E-state index in [1.165, 1.54) is 6.42 Å². The lowest BCUT2D eigenvalue weighted by atomic mass is 10.1. The van der Waals surface area contributed by atoms with Gasteiger partial charge in [0.25, 0.3) is 0 Å². The van der Waals surface area contributed by atoms with Crippen LogP contribution in [0.1, 0.15) is 37.7 Å². The first-order valence-electron chi connectivity index (χ1n) is 8.71. The molecular weight excluding hydrogens is 375 g/mol. The summed E-state index contributed by atoms with van der Waals surface area (Å²) >= 11 is 0. The van der Waals surface area contributed by atoms with E-state index in [1.54, 1.807) is 0 Å². The zero-order valence-electron chi connectivity index (χ0n) is 15.3. The van der Waals surface area contributed by atoms with Crippen LogP contribution in [-0.2, 0) is 9.59 Å². The maximum absolute atomic E-state index is 12.3. The van der Waals surface area contributed by atoms with E-state index in [-0.39, 0.29) is 36.6 Å². The number of rotatable bonds is 7. The summed E-state index contributed by atoms with van der Waals surface area (Å²) in [5.41, 5.74) is 7.82. The number of carbonyl (C=O) groups excluding carboxylic acids is 2. The van der Waals surface area contributed by atoms with E-state index in [0.717, 1.165) is 37.2 Å². The number of hydrogen-bond donors (Lipinski definition) is 3. The van der Waals surface area contributed by atoms with Gasteiger partial charge < -0.3 is 16.4 Å². The van der Waals surface area contributed by atoms with E-state index in [0.29, 0.717) is 31.6 Å². The van der Waals surface area contributed by atoms with E-state index >= 15 is 0 Å². The third-order valence-corrected chi connectivity index (χ3v) is 4.22. The molecule has 1 aromatic carbocycles. The Morgan fingerprint density at radius 3 is 2.42 bits per heavy atom. The molecule has 1 saturated heterocycles. The van der Waals surface area contributed by atoms with Gasteiger partial charge in [0.2, 0.25) is 11.8 Å². The van der Waals surface area contributed by atoms with Crippen LogP contribution < -0.4 is 16.4 Å². The highest BCUT2D eigenvalue weighted by molar-refractivity contribution is 5.95. The minimum Gasteiger partial charge on any atom is -0.330 e. The highest BCUT2D eigenvalue weighted by atomic mass is 35.5. The fourth-order valence-corrected chi connectivity index (χ4v) is 2.83. The van der Waals surface area contributed by atoms with Crippen molar-refractivity contribution in [1.29, 1.82) is 0 Å². The zero-order valence-corrected chi connectivity index (χ0v) is 16.9. The molecule has 1 heterocycles. The van der Waals surface area contributed by atoms with Gasteiger partial charge in [-0.05, 0) is 63.5 Å². The number of nitrogens with zero attached hydrogens (tertiary/aromatic N) is 1. The second-order valence-electron chi connectivity index (χ2n) is 6.36. The highest BCUT2D eigenvalue weighted by Crippen LogP contribution is 2.21. The normalized spacial score (nSPS) is 13.9. The van der Waals surface area contributed by atoms with E-state index in [4.69, 9.17) is 5.73 Å². The molecule has 8 heteroatoms. The summed E-state index contributed by atoms with van der Waals surface area (Å²) in [5.74, 6) is -0.0681. The van der Waals surface area contributed by atoms with Gasteiger partial charge in [-0.15, -0.1) is 24.8 Å². The lowest BCUT2D eigenvalue weighted by Crippen LogP contribution is -2.36. The maximum atomic E-state index is 12.3. The molecule has 2 amide bonds. The Bertz CT molecular complexity index is 578. The zero-order chi connectivity index (χ0) is 17.4. The van der Waals surface area contributed by atoms with Crippen molar-refractivity contribution < 1.29 is 9.59 Å². The number of benzene rings is 1. The van der Waals surface area contributed by atoms with Crippen LogP contribution >= 0.6 is 24.8 Å². The SMILES string of the molecule is Cc1ccc(NC(=O)CCCN)cc1NC(=O)CN1CCCCC1.Cl.Cl. The van der Waals surface area contributed by atoms with Gasteiger partial charge >= 0.3 is 0 Å². The van der Waals surface area contributed by atoms with Crippen LogP contribution in [0.2, 0.25) is 0 Å². The van der Waals surface area contributed by atoms with Gasteiger partial charge in [0.1, 0.15) is 0 Å². The van der Waals surface area contributed by atoms with Crippen LogP contribution in [0, 0.1) is 6.92 Å². The summed E-state index contributed by atoms with van der Waals surface area (Å²) in [6.07, 6.45) is 4.65. The van der Waals surface area contributed by atoms with Gasteiger partial charge in [-0.3, -0.25) is 14.5 Å².